The molecule has 0 aromatic heterocycles. The first-order chi connectivity index (χ1) is 11.7. The molecule has 0 spiro atoms. The Morgan fingerprint density at radius 3 is 2.68 bits per heavy atom. The molecule has 0 N–H and O–H groups in total. The van der Waals surface area contributed by atoms with Gasteiger partial charge in [-0.05, 0) is 58.2 Å². The van der Waals surface area contributed by atoms with Crippen LogP contribution in [0.1, 0.15) is 62.4 Å². The first-order valence-electron chi connectivity index (χ1n) is 8.65. The number of amides is 1. The van der Waals surface area contributed by atoms with Gasteiger partial charge in [0, 0.05) is 19.0 Å². The Morgan fingerprint density at radius 1 is 1.32 bits per heavy atom. The van der Waals surface area contributed by atoms with Crippen LogP contribution in [-0.2, 0) is 9.47 Å². The summed E-state index contributed by atoms with van der Waals surface area (Å²) in [4.78, 5) is 25.8. The number of esters is 1. The third kappa shape index (κ3) is 5.18. The van der Waals surface area contributed by atoms with E-state index in [1.165, 1.54) is 12.1 Å². The number of rotatable bonds is 3. The van der Waals surface area contributed by atoms with Crippen molar-refractivity contribution in [2.45, 2.75) is 52.1 Å². The van der Waals surface area contributed by atoms with Gasteiger partial charge in [0.15, 0.2) is 0 Å². The van der Waals surface area contributed by atoms with E-state index in [2.05, 4.69) is 0 Å². The Kier molecular flexibility index (Phi) is 6.03. The lowest BCUT2D eigenvalue weighted by Crippen LogP contribution is -2.42. The molecule has 1 atom stereocenters. The van der Waals surface area contributed by atoms with E-state index in [1.54, 1.807) is 17.9 Å². The minimum atomic E-state index is -0.665. The minimum absolute atomic E-state index is 0.0371. The van der Waals surface area contributed by atoms with Crippen molar-refractivity contribution in [3.63, 3.8) is 0 Å². The zero-order valence-electron chi connectivity index (χ0n) is 15.3. The van der Waals surface area contributed by atoms with Crippen LogP contribution in [0.4, 0.5) is 9.18 Å². The molecule has 0 aliphatic carbocycles. The molecule has 1 aliphatic rings. The number of likely N-dealkylation sites (tertiary alicyclic amines) is 1. The maximum atomic E-state index is 13.9. The molecule has 6 heteroatoms. The van der Waals surface area contributed by atoms with Crippen molar-refractivity contribution in [2.24, 2.45) is 0 Å². The van der Waals surface area contributed by atoms with Crippen LogP contribution in [0.3, 0.4) is 0 Å². The number of benzene rings is 1. The van der Waals surface area contributed by atoms with Gasteiger partial charge in [-0.1, -0.05) is 6.07 Å². The van der Waals surface area contributed by atoms with E-state index in [4.69, 9.17) is 9.47 Å². The van der Waals surface area contributed by atoms with Gasteiger partial charge in [0.25, 0.3) is 0 Å². The van der Waals surface area contributed by atoms with Crippen LogP contribution in [0.2, 0.25) is 0 Å². The van der Waals surface area contributed by atoms with Gasteiger partial charge in [0.2, 0.25) is 0 Å². The van der Waals surface area contributed by atoms with Crippen LogP contribution in [0, 0.1) is 5.82 Å². The topological polar surface area (TPSA) is 55.8 Å². The summed E-state index contributed by atoms with van der Waals surface area (Å²) in [6.45, 7) is 8.49. The molecular weight excluding hydrogens is 325 g/mol. The minimum Gasteiger partial charge on any atom is -0.462 e. The molecule has 1 heterocycles. The van der Waals surface area contributed by atoms with Gasteiger partial charge in [0.05, 0.1) is 12.2 Å². The van der Waals surface area contributed by atoms with Gasteiger partial charge in [0.1, 0.15) is 11.4 Å². The molecule has 1 saturated heterocycles. The Morgan fingerprint density at radius 2 is 2.04 bits per heavy atom. The summed E-state index contributed by atoms with van der Waals surface area (Å²) in [5, 5.41) is 0. The highest BCUT2D eigenvalue weighted by Gasteiger charge is 2.29. The number of ether oxygens (including phenoxy) is 2. The van der Waals surface area contributed by atoms with Crippen LogP contribution < -0.4 is 0 Å². The fraction of sp³-hybridized carbons (Fsp3) is 0.579. The summed E-state index contributed by atoms with van der Waals surface area (Å²) in [5.41, 5.74) is 0.225. The van der Waals surface area contributed by atoms with Gasteiger partial charge in [-0.3, -0.25) is 0 Å². The number of nitrogens with zero attached hydrogens (tertiary/aromatic N) is 1. The molecule has 0 saturated carbocycles. The Hall–Kier alpha value is -2.11. The molecule has 0 radical (unpaired) electrons. The van der Waals surface area contributed by atoms with Crippen molar-refractivity contribution >= 4 is 12.1 Å². The van der Waals surface area contributed by atoms with Crippen LogP contribution in [0.5, 0.6) is 0 Å². The van der Waals surface area contributed by atoms with E-state index in [9.17, 15) is 14.0 Å². The number of piperidine rings is 1. The average molecular weight is 351 g/mol. The summed E-state index contributed by atoms with van der Waals surface area (Å²) >= 11 is 0. The first kappa shape index (κ1) is 19.2. The van der Waals surface area contributed by atoms with Crippen molar-refractivity contribution < 1.29 is 23.5 Å². The average Bonchev–Trinajstić information content (AvgIpc) is 2.54. The predicted molar refractivity (Wildman–Crippen MR) is 92.1 cm³/mol. The van der Waals surface area contributed by atoms with E-state index in [1.807, 2.05) is 20.8 Å². The van der Waals surface area contributed by atoms with Crippen LogP contribution in [-0.4, -0.2) is 42.3 Å². The van der Waals surface area contributed by atoms with Gasteiger partial charge >= 0.3 is 12.1 Å². The lowest BCUT2D eigenvalue weighted by Gasteiger charge is -2.34. The standard InChI is InChI=1S/C19H26FNO4/c1-5-24-17(22)15-11-13(8-9-16(15)20)14-7-6-10-21(12-14)18(23)25-19(2,3)4/h8-9,11,14H,5-7,10,12H2,1-4H3. The zero-order valence-corrected chi connectivity index (χ0v) is 15.3. The predicted octanol–water partition coefficient (Wildman–Crippen LogP) is 4.12. The number of carbonyl (C=O) groups excluding carboxylic acids is 2. The third-order valence-electron chi connectivity index (χ3n) is 4.03. The van der Waals surface area contributed by atoms with Crippen LogP contribution in [0.15, 0.2) is 18.2 Å². The molecule has 0 bridgehead atoms. The molecular formula is C19H26FNO4. The highest BCUT2D eigenvalue weighted by Crippen LogP contribution is 2.29. The molecule has 25 heavy (non-hydrogen) atoms. The monoisotopic (exact) mass is 351 g/mol. The van der Waals surface area contributed by atoms with E-state index < -0.39 is 17.4 Å². The Labute approximate surface area is 148 Å². The number of carbonyl (C=O) groups is 2. The molecule has 138 valence electrons. The van der Waals surface area contributed by atoms with Crippen molar-refractivity contribution in [1.82, 2.24) is 4.90 Å². The first-order valence-corrected chi connectivity index (χ1v) is 8.65. The Balaban J connectivity index is 2.14. The SMILES string of the molecule is CCOC(=O)c1cc(C2CCCN(C(=O)OC(C)(C)C)C2)ccc1F. The van der Waals surface area contributed by atoms with Crippen molar-refractivity contribution in [2.75, 3.05) is 19.7 Å². The van der Waals surface area contributed by atoms with E-state index in [0.29, 0.717) is 13.1 Å². The van der Waals surface area contributed by atoms with Gasteiger partial charge in [-0.2, -0.15) is 0 Å². The Bertz CT molecular complexity index is 639. The number of hydrogen-bond acceptors (Lipinski definition) is 4. The summed E-state index contributed by atoms with van der Waals surface area (Å²) < 4.78 is 24.2. The molecule has 1 fully saturated rings. The summed E-state index contributed by atoms with van der Waals surface area (Å²) in [5.74, 6) is -1.22. The maximum absolute atomic E-state index is 13.9. The molecule has 1 unspecified atom stereocenters. The molecule has 1 aromatic carbocycles. The molecule has 1 amide bonds. The highest BCUT2D eigenvalue weighted by molar-refractivity contribution is 5.90. The van der Waals surface area contributed by atoms with Crippen molar-refractivity contribution in [1.29, 1.82) is 0 Å². The largest absolute Gasteiger partial charge is 0.462 e. The fourth-order valence-electron chi connectivity index (χ4n) is 2.90. The summed E-state index contributed by atoms with van der Waals surface area (Å²) in [7, 11) is 0. The summed E-state index contributed by atoms with van der Waals surface area (Å²) in [6.07, 6.45) is 1.35. The molecule has 1 aromatic rings. The smallest absolute Gasteiger partial charge is 0.410 e. The molecule has 1 aliphatic heterocycles. The molecule has 2 rings (SSSR count). The third-order valence-corrected chi connectivity index (χ3v) is 4.03. The summed E-state index contributed by atoms with van der Waals surface area (Å²) in [6, 6.07) is 4.49. The highest BCUT2D eigenvalue weighted by atomic mass is 19.1. The number of hydrogen-bond donors (Lipinski definition) is 0. The van der Waals surface area contributed by atoms with E-state index in [0.717, 1.165) is 18.4 Å². The van der Waals surface area contributed by atoms with Gasteiger partial charge in [-0.25, -0.2) is 14.0 Å². The second kappa shape index (κ2) is 7.85. The zero-order chi connectivity index (χ0) is 18.6. The lowest BCUT2D eigenvalue weighted by atomic mass is 9.89. The number of halogens is 1. The normalized spacial score (nSPS) is 18.0. The van der Waals surface area contributed by atoms with E-state index >= 15 is 0 Å². The van der Waals surface area contributed by atoms with Crippen LogP contribution in [0.25, 0.3) is 0 Å². The van der Waals surface area contributed by atoms with Crippen LogP contribution >= 0.6 is 0 Å². The van der Waals surface area contributed by atoms with Gasteiger partial charge < -0.3 is 14.4 Å². The maximum Gasteiger partial charge on any atom is 0.410 e. The second-order valence-electron chi connectivity index (χ2n) is 7.23. The second-order valence-corrected chi connectivity index (χ2v) is 7.23. The molecule has 5 nitrogen and oxygen atoms in total. The fourth-order valence-corrected chi connectivity index (χ4v) is 2.90. The van der Waals surface area contributed by atoms with Crippen molar-refractivity contribution in [3.05, 3.63) is 35.1 Å². The van der Waals surface area contributed by atoms with Gasteiger partial charge in [-0.15, -0.1) is 0 Å². The van der Waals surface area contributed by atoms with E-state index in [-0.39, 0.29) is 24.2 Å². The lowest BCUT2D eigenvalue weighted by molar-refractivity contribution is 0.0197. The van der Waals surface area contributed by atoms with Crippen molar-refractivity contribution in [3.8, 4) is 0 Å². The quantitative estimate of drug-likeness (QED) is 0.769.